The fourth-order valence-corrected chi connectivity index (χ4v) is 1.01. The molecule has 0 saturated heterocycles. The van der Waals surface area contributed by atoms with Gasteiger partial charge in [-0.2, -0.15) is 0 Å². The van der Waals surface area contributed by atoms with E-state index < -0.39 is 5.97 Å². The van der Waals surface area contributed by atoms with Crippen molar-refractivity contribution >= 4 is 11.7 Å². The van der Waals surface area contributed by atoms with Crippen molar-refractivity contribution in [3.8, 4) is 0 Å². The molecule has 0 atom stereocenters. The second-order valence-corrected chi connectivity index (χ2v) is 2.96. The average Bonchev–Trinajstić information content (AvgIpc) is 2.25. The smallest absolute Gasteiger partial charge is 0.353 e. The van der Waals surface area contributed by atoms with E-state index in [4.69, 9.17) is 9.94 Å². The Kier molecular flexibility index (Phi) is 4.34. The van der Waals surface area contributed by atoms with Crippen LogP contribution >= 0.6 is 0 Å². The minimum atomic E-state index is -1.04. The highest BCUT2D eigenvalue weighted by Gasteiger charge is 2.06. The molecule has 4 heteroatoms. The summed E-state index contributed by atoms with van der Waals surface area (Å²) in [5, 5.41) is 12.2. The second kappa shape index (κ2) is 5.80. The lowest BCUT2D eigenvalue weighted by molar-refractivity contribution is -0.129. The Hall–Kier alpha value is -1.84. The number of oxime groups is 1. The Bertz CT molecular complexity index is 346. The van der Waals surface area contributed by atoms with Crippen molar-refractivity contribution in [2.24, 2.45) is 5.16 Å². The van der Waals surface area contributed by atoms with Crippen molar-refractivity contribution in [2.45, 2.75) is 20.0 Å². The minimum Gasteiger partial charge on any atom is -0.477 e. The van der Waals surface area contributed by atoms with Crippen LogP contribution in [0.25, 0.3) is 0 Å². The van der Waals surface area contributed by atoms with E-state index in [-0.39, 0.29) is 12.3 Å². The molecule has 15 heavy (non-hydrogen) atoms. The van der Waals surface area contributed by atoms with Gasteiger partial charge in [0.2, 0.25) is 0 Å². The van der Waals surface area contributed by atoms with E-state index in [2.05, 4.69) is 5.16 Å². The van der Waals surface area contributed by atoms with Crippen molar-refractivity contribution in [3.63, 3.8) is 0 Å². The number of carboxylic acids is 1. The number of rotatable bonds is 5. The topological polar surface area (TPSA) is 58.9 Å². The summed E-state index contributed by atoms with van der Waals surface area (Å²) >= 11 is 0. The molecule has 0 fully saturated rings. The predicted molar refractivity (Wildman–Crippen MR) is 56.6 cm³/mol. The van der Waals surface area contributed by atoms with Crippen LogP contribution in [0.4, 0.5) is 0 Å². The van der Waals surface area contributed by atoms with Crippen LogP contribution in [0.1, 0.15) is 18.9 Å². The first-order valence-corrected chi connectivity index (χ1v) is 4.70. The third-order valence-electron chi connectivity index (χ3n) is 1.83. The summed E-state index contributed by atoms with van der Waals surface area (Å²) in [6.07, 6.45) is 0.351. The SMILES string of the molecule is CCC(=NOCc1ccccc1)C(=O)O. The number of nitrogens with zero attached hydrogens (tertiary/aromatic N) is 1. The van der Waals surface area contributed by atoms with Gasteiger partial charge in [0.05, 0.1) is 0 Å². The zero-order valence-corrected chi connectivity index (χ0v) is 8.51. The highest BCUT2D eigenvalue weighted by molar-refractivity contribution is 6.35. The number of carboxylic acid groups (broad SMARTS) is 1. The molecule has 0 saturated carbocycles. The van der Waals surface area contributed by atoms with E-state index in [0.29, 0.717) is 6.42 Å². The predicted octanol–water partition coefficient (Wildman–Crippen LogP) is 2.05. The molecule has 0 heterocycles. The first kappa shape index (κ1) is 11.2. The third kappa shape index (κ3) is 3.81. The summed E-state index contributed by atoms with van der Waals surface area (Å²) in [7, 11) is 0. The van der Waals surface area contributed by atoms with Crippen molar-refractivity contribution in [3.05, 3.63) is 35.9 Å². The third-order valence-corrected chi connectivity index (χ3v) is 1.83. The molecule has 1 N–H and O–H groups in total. The monoisotopic (exact) mass is 207 g/mol. The molecule has 0 aromatic heterocycles. The van der Waals surface area contributed by atoms with Crippen molar-refractivity contribution < 1.29 is 14.7 Å². The number of benzene rings is 1. The highest BCUT2D eigenvalue weighted by Crippen LogP contribution is 2.01. The zero-order chi connectivity index (χ0) is 11.1. The highest BCUT2D eigenvalue weighted by atomic mass is 16.6. The van der Waals surface area contributed by atoms with Gasteiger partial charge in [-0.3, -0.25) is 0 Å². The fourth-order valence-electron chi connectivity index (χ4n) is 1.01. The van der Waals surface area contributed by atoms with Gasteiger partial charge in [-0.1, -0.05) is 42.4 Å². The molecule has 0 unspecified atom stereocenters. The molecular formula is C11H13NO3. The van der Waals surface area contributed by atoms with Gasteiger partial charge in [-0.05, 0) is 12.0 Å². The largest absolute Gasteiger partial charge is 0.477 e. The summed E-state index contributed by atoms with van der Waals surface area (Å²) in [4.78, 5) is 15.5. The Morgan fingerprint density at radius 2 is 2.07 bits per heavy atom. The van der Waals surface area contributed by atoms with Gasteiger partial charge in [0.25, 0.3) is 0 Å². The van der Waals surface area contributed by atoms with E-state index in [0.717, 1.165) is 5.56 Å². The molecule has 0 radical (unpaired) electrons. The second-order valence-electron chi connectivity index (χ2n) is 2.96. The Morgan fingerprint density at radius 1 is 1.40 bits per heavy atom. The molecule has 0 amide bonds. The van der Waals surface area contributed by atoms with Gasteiger partial charge >= 0.3 is 5.97 Å². The molecule has 0 aliphatic rings. The van der Waals surface area contributed by atoms with Crippen molar-refractivity contribution in [1.29, 1.82) is 0 Å². The fraction of sp³-hybridized carbons (Fsp3) is 0.273. The van der Waals surface area contributed by atoms with E-state index in [1.54, 1.807) is 6.92 Å². The lowest BCUT2D eigenvalue weighted by Gasteiger charge is -2.00. The Morgan fingerprint density at radius 3 is 2.60 bits per heavy atom. The van der Waals surface area contributed by atoms with Crippen LogP contribution in [0.5, 0.6) is 0 Å². The molecule has 0 bridgehead atoms. The van der Waals surface area contributed by atoms with Crippen LogP contribution < -0.4 is 0 Å². The van der Waals surface area contributed by atoms with Gasteiger partial charge in [-0.15, -0.1) is 0 Å². The maximum absolute atomic E-state index is 10.6. The summed E-state index contributed by atoms with van der Waals surface area (Å²) in [5.74, 6) is -1.04. The summed E-state index contributed by atoms with van der Waals surface area (Å²) < 4.78 is 0. The maximum atomic E-state index is 10.6. The molecular weight excluding hydrogens is 194 g/mol. The summed E-state index contributed by atoms with van der Waals surface area (Å²) in [6, 6.07) is 9.46. The molecule has 1 aromatic rings. The standard InChI is InChI=1S/C11H13NO3/c1-2-10(11(13)14)12-15-8-9-6-4-3-5-7-9/h3-7H,2,8H2,1H3,(H,13,14). The van der Waals surface area contributed by atoms with E-state index in [1.807, 2.05) is 30.3 Å². The molecule has 0 aliphatic carbocycles. The van der Waals surface area contributed by atoms with Gasteiger partial charge < -0.3 is 9.94 Å². The molecule has 1 aromatic carbocycles. The lowest BCUT2D eigenvalue weighted by Crippen LogP contribution is -2.11. The van der Waals surface area contributed by atoms with Gasteiger partial charge in [-0.25, -0.2) is 4.79 Å². The number of hydrogen-bond donors (Lipinski definition) is 1. The van der Waals surface area contributed by atoms with Gasteiger partial charge in [0.1, 0.15) is 6.61 Å². The molecule has 0 aliphatic heterocycles. The molecule has 0 spiro atoms. The normalized spacial score (nSPS) is 11.1. The van der Waals surface area contributed by atoms with E-state index >= 15 is 0 Å². The maximum Gasteiger partial charge on any atom is 0.353 e. The van der Waals surface area contributed by atoms with E-state index in [9.17, 15) is 4.79 Å². The van der Waals surface area contributed by atoms with Crippen LogP contribution in [0, 0.1) is 0 Å². The Balaban J connectivity index is 2.48. The summed E-state index contributed by atoms with van der Waals surface area (Å²) in [5.41, 5.74) is 0.994. The van der Waals surface area contributed by atoms with Crippen molar-refractivity contribution in [1.82, 2.24) is 0 Å². The minimum absolute atomic E-state index is 0.0333. The van der Waals surface area contributed by atoms with Crippen LogP contribution in [-0.2, 0) is 16.2 Å². The average molecular weight is 207 g/mol. The quantitative estimate of drug-likeness (QED) is 0.593. The number of aliphatic carboxylic acids is 1. The first-order valence-electron chi connectivity index (χ1n) is 4.70. The van der Waals surface area contributed by atoms with Crippen LogP contribution in [0.15, 0.2) is 35.5 Å². The molecule has 80 valence electrons. The van der Waals surface area contributed by atoms with Gasteiger partial charge in [0, 0.05) is 0 Å². The number of hydrogen-bond acceptors (Lipinski definition) is 3. The zero-order valence-electron chi connectivity index (χ0n) is 8.51. The number of carbonyl (C=O) groups is 1. The first-order chi connectivity index (χ1) is 7.24. The lowest BCUT2D eigenvalue weighted by atomic mass is 10.2. The van der Waals surface area contributed by atoms with E-state index in [1.165, 1.54) is 0 Å². The summed E-state index contributed by atoms with van der Waals surface area (Å²) in [6.45, 7) is 2.01. The van der Waals surface area contributed by atoms with Crippen LogP contribution in [-0.4, -0.2) is 16.8 Å². The molecule has 1 rings (SSSR count). The molecule has 4 nitrogen and oxygen atoms in total. The van der Waals surface area contributed by atoms with Crippen LogP contribution in [0.2, 0.25) is 0 Å². The van der Waals surface area contributed by atoms with Gasteiger partial charge in [0.15, 0.2) is 5.71 Å². The van der Waals surface area contributed by atoms with Crippen LogP contribution in [0.3, 0.4) is 0 Å². The van der Waals surface area contributed by atoms with Crippen molar-refractivity contribution in [2.75, 3.05) is 0 Å². The Labute approximate surface area is 88.2 Å².